The number of rotatable bonds is 6. The molecule has 0 saturated carbocycles. The fourth-order valence-corrected chi connectivity index (χ4v) is 6.47. The van der Waals surface area contributed by atoms with Gasteiger partial charge in [0.1, 0.15) is 5.69 Å². The summed E-state index contributed by atoms with van der Waals surface area (Å²) in [5.41, 5.74) is 7.19. The highest BCUT2D eigenvalue weighted by Gasteiger charge is 2.34. The molecule has 0 radical (unpaired) electrons. The second-order valence-electron chi connectivity index (χ2n) is 12.5. The molecule has 0 fully saturated rings. The number of aromatic nitrogens is 1. The van der Waals surface area contributed by atoms with Crippen molar-refractivity contribution in [3.05, 3.63) is 114 Å². The van der Waals surface area contributed by atoms with Gasteiger partial charge in [-0.15, -0.1) is 0 Å². The maximum atomic E-state index is 14.5. The zero-order chi connectivity index (χ0) is 33.1. The van der Waals surface area contributed by atoms with Gasteiger partial charge >= 0.3 is 6.03 Å². The molecule has 0 bridgehead atoms. The van der Waals surface area contributed by atoms with E-state index in [1.807, 2.05) is 116 Å². The average Bonchev–Trinajstić information content (AvgIpc) is 3.39. The molecule has 8 nitrogen and oxygen atoms in total. The Hall–Kier alpha value is -4.92. The number of aliphatic hydroxyl groups excluding tert-OH is 1. The third-order valence-electron chi connectivity index (χ3n) is 9.27. The molecule has 0 unspecified atom stereocenters. The van der Waals surface area contributed by atoms with Gasteiger partial charge in [-0.05, 0) is 47.4 Å². The molecule has 3 atom stereocenters. The molecule has 242 valence electrons. The van der Waals surface area contributed by atoms with Crippen LogP contribution in [0.3, 0.4) is 0 Å². The van der Waals surface area contributed by atoms with Crippen molar-refractivity contribution in [2.45, 2.75) is 32.6 Å². The second-order valence-corrected chi connectivity index (χ2v) is 12.5. The van der Waals surface area contributed by atoms with E-state index in [9.17, 15) is 14.7 Å². The Morgan fingerprint density at radius 2 is 1.62 bits per heavy atom. The minimum absolute atomic E-state index is 0.146. The SMILES string of the molecule is C[C@H](CO)N1C[C@H](C)[C@H](CN(C)C(=O)Nc2ccc(-c3ccccc3)cc2)OCc2ccccc2-c2c(n(C)c3ccccc23)C1=O. The summed E-state index contributed by atoms with van der Waals surface area (Å²) >= 11 is 0. The monoisotopic (exact) mass is 630 g/mol. The van der Waals surface area contributed by atoms with E-state index in [4.69, 9.17) is 4.74 Å². The van der Waals surface area contributed by atoms with Gasteiger partial charge in [-0.25, -0.2) is 4.79 Å². The van der Waals surface area contributed by atoms with Crippen molar-refractivity contribution < 1.29 is 19.4 Å². The fourth-order valence-electron chi connectivity index (χ4n) is 6.47. The summed E-state index contributed by atoms with van der Waals surface area (Å²) in [6.45, 7) is 4.69. The van der Waals surface area contributed by atoms with Gasteiger partial charge in [0, 0.05) is 55.3 Å². The number of nitrogens with zero attached hydrogens (tertiary/aromatic N) is 3. The van der Waals surface area contributed by atoms with Gasteiger partial charge in [0.25, 0.3) is 5.91 Å². The lowest BCUT2D eigenvalue weighted by Gasteiger charge is -2.35. The lowest BCUT2D eigenvalue weighted by atomic mass is 9.96. The summed E-state index contributed by atoms with van der Waals surface area (Å²) in [6.07, 6.45) is -0.390. The number of anilines is 1. The molecule has 0 aliphatic carbocycles. The van der Waals surface area contributed by atoms with Crippen molar-refractivity contribution in [3.8, 4) is 22.3 Å². The van der Waals surface area contributed by atoms with Gasteiger partial charge in [-0.3, -0.25) is 4.79 Å². The number of amides is 3. The largest absolute Gasteiger partial charge is 0.394 e. The highest BCUT2D eigenvalue weighted by Crippen LogP contribution is 2.38. The van der Waals surface area contributed by atoms with E-state index in [2.05, 4.69) is 17.4 Å². The zero-order valence-electron chi connectivity index (χ0n) is 27.4. The van der Waals surface area contributed by atoms with Crippen LogP contribution in [0, 0.1) is 5.92 Å². The second kappa shape index (κ2) is 13.8. The number of likely N-dealkylation sites (N-methyl/N-ethyl adjacent to an activating group) is 1. The summed E-state index contributed by atoms with van der Waals surface area (Å²) in [6, 6.07) is 33.3. The van der Waals surface area contributed by atoms with Gasteiger partial charge in [-0.1, -0.05) is 91.9 Å². The Bertz CT molecular complexity index is 1870. The summed E-state index contributed by atoms with van der Waals surface area (Å²) in [5.74, 6) is -0.302. The number of urea groups is 1. The first kappa shape index (κ1) is 32.0. The van der Waals surface area contributed by atoms with Crippen LogP contribution < -0.4 is 5.32 Å². The van der Waals surface area contributed by atoms with Crippen molar-refractivity contribution in [1.29, 1.82) is 0 Å². The van der Waals surface area contributed by atoms with Gasteiger partial charge in [0.2, 0.25) is 0 Å². The molecule has 1 aliphatic heterocycles. The van der Waals surface area contributed by atoms with E-state index >= 15 is 0 Å². The molecular weight excluding hydrogens is 588 g/mol. The van der Waals surface area contributed by atoms with Crippen molar-refractivity contribution in [2.75, 3.05) is 32.1 Å². The van der Waals surface area contributed by atoms with E-state index in [0.29, 0.717) is 31.1 Å². The van der Waals surface area contributed by atoms with Crippen molar-refractivity contribution in [1.82, 2.24) is 14.4 Å². The summed E-state index contributed by atoms with van der Waals surface area (Å²) < 4.78 is 8.62. The van der Waals surface area contributed by atoms with E-state index in [1.54, 1.807) is 16.8 Å². The van der Waals surface area contributed by atoms with Crippen LogP contribution in [0.5, 0.6) is 0 Å². The predicted octanol–water partition coefficient (Wildman–Crippen LogP) is 7.03. The van der Waals surface area contributed by atoms with E-state index in [-0.39, 0.29) is 24.5 Å². The molecule has 3 amide bonds. The molecule has 2 N–H and O–H groups in total. The maximum Gasteiger partial charge on any atom is 0.321 e. The van der Waals surface area contributed by atoms with Crippen LogP contribution in [-0.2, 0) is 18.4 Å². The van der Waals surface area contributed by atoms with Gasteiger partial charge < -0.3 is 29.5 Å². The van der Waals surface area contributed by atoms with Crippen LogP contribution >= 0.6 is 0 Å². The lowest BCUT2D eigenvalue weighted by Crippen LogP contribution is -2.48. The maximum absolute atomic E-state index is 14.5. The van der Waals surface area contributed by atoms with Crippen LogP contribution in [0.4, 0.5) is 10.5 Å². The van der Waals surface area contributed by atoms with Crippen LogP contribution in [0.1, 0.15) is 29.9 Å². The minimum Gasteiger partial charge on any atom is -0.394 e. The van der Waals surface area contributed by atoms with Crippen LogP contribution in [0.2, 0.25) is 0 Å². The molecule has 0 spiro atoms. The van der Waals surface area contributed by atoms with Gasteiger partial charge in [0.15, 0.2) is 0 Å². The van der Waals surface area contributed by atoms with Crippen molar-refractivity contribution in [2.24, 2.45) is 13.0 Å². The summed E-state index contributed by atoms with van der Waals surface area (Å²) in [7, 11) is 3.68. The van der Waals surface area contributed by atoms with Crippen LogP contribution in [0.25, 0.3) is 33.2 Å². The molecule has 5 aromatic rings. The molecule has 1 aliphatic rings. The number of nitrogens with one attached hydrogen (secondary N) is 1. The van der Waals surface area contributed by atoms with E-state index < -0.39 is 12.1 Å². The summed E-state index contributed by atoms with van der Waals surface area (Å²) in [4.78, 5) is 31.3. The highest BCUT2D eigenvalue weighted by atomic mass is 16.5. The van der Waals surface area contributed by atoms with Crippen molar-refractivity contribution in [3.63, 3.8) is 0 Å². The molecule has 47 heavy (non-hydrogen) atoms. The number of fused-ring (bicyclic) bond motifs is 5. The van der Waals surface area contributed by atoms with E-state index in [0.717, 1.165) is 38.7 Å². The van der Waals surface area contributed by atoms with Gasteiger partial charge in [-0.2, -0.15) is 0 Å². The lowest BCUT2D eigenvalue weighted by molar-refractivity contribution is -0.0179. The number of carbonyl (C=O) groups is 2. The number of ether oxygens (including phenoxy) is 1. The van der Waals surface area contributed by atoms with Crippen molar-refractivity contribution >= 4 is 28.5 Å². The topological polar surface area (TPSA) is 87.0 Å². The number of hydrogen-bond donors (Lipinski definition) is 2. The quantitative estimate of drug-likeness (QED) is 0.211. The smallest absolute Gasteiger partial charge is 0.321 e. The first-order valence-corrected chi connectivity index (χ1v) is 16.1. The number of aryl methyl sites for hydroxylation is 1. The molecule has 8 heteroatoms. The van der Waals surface area contributed by atoms with Crippen LogP contribution in [-0.4, -0.2) is 70.3 Å². The molecule has 0 saturated heterocycles. The fraction of sp³-hybridized carbons (Fsp3) is 0.282. The number of aliphatic hydroxyl groups is 1. The third kappa shape index (κ3) is 6.52. The Labute approximate surface area is 276 Å². The Kier molecular flexibility index (Phi) is 9.43. The Morgan fingerprint density at radius 1 is 0.957 bits per heavy atom. The molecule has 4 aromatic carbocycles. The third-order valence-corrected chi connectivity index (χ3v) is 9.27. The summed E-state index contributed by atoms with van der Waals surface area (Å²) in [5, 5.41) is 14.3. The predicted molar refractivity (Wildman–Crippen MR) is 187 cm³/mol. The number of benzene rings is 4. The first-order valence-electron chi connectivity index (χ1n) is 16.1. The number of para-hydroxylation sites is 1. The first-order chi connectivity index (χ1) is 22.8. The average molecular weight is 631 g/mol. The zero-order valence-corrected chi connectivity index (χ0v) is 27.4. The van der Waals surface area contributed by atoms with E-state index in [1.165, 1.54) is 0 Å². The van der Waals surface area contributed by atoms with Gasteiger partial charge in [0.05, 0.1) is 25.4 Å². The van der Waals surface area contributed by atoms with Crippen LogP contribution in [0.15, 0.2) is 103 Å². The number of hydrogen-bond acceptors (Lipinski definition) is 4. The standard InChI is InChI=1S/C39H42N4O4/c1-26-22-43(27(2)24-44)38(45)37-36(33-16-10-11-17-34(33)42(37)4)32-15-9-8-14-30(32)25-47-35(26)23-41(3)39(46)40-31-20-18-29(19-21-31)28-12-6-5-7-13-28/h5-21,26-27,35,44H,22-25H2,1-4H3,(H,40,46)/t26-,27+,35-/m0/s1. The normalized spacial score (nSPS) is 17.4. The molecule has 1 aromatic heterocycles. The minimum atomic E-state index is -0.424. The molecule has 6 rings (SSSR count). The molecular formula is C39H42N4O4. The highest BCUT2D eigenvalue weighted by molar-refractivity contribution is 6.10. The Balaban J connectivity index is 1.29. The Morgan fingerprint density at radius 3 is 2.36 bits per heavy atom. The molecule has 2 heterocycles. The number of carbonyl (C=O) groups excluding carboxylic acids is 2.